The summed E-state index contributed by atoms with van der Waals surface area (Å²) in [6, 6.07) is 17.7. The zero-order valence-corrected chi connectivity index (χ0v) is 17.5. The second-order valence-electron chi connectivity index (χ2n) is 7.24. The lowest BCUT2D eigenvalue weighted by Gasteiger charge is -2.27. The third-order valence-electron chi connectivity index (χ3n) is 5.39. The quantitative estimate of drug-likeness (QED) is 0.237. The van der Waals surface area contributed by atoms with E-state index in [1.54, 1.807) is 12.1 Å². The number of phenolic OH excluding ortho intramolecular Hbond substituents is 2. The van der Waals surface area contributed by atoms with E-state index in [-0.39, 0.29) is 23.1 Å². The van der Waals surface area contributed by atoms with Gasteiger partial charge in [-0.15, -0.1) is 0 Å². The highest BCUT2D eigenvalue weighted by Gasteiger charge is 2.37. The average molecular weight is 479 g/mol. The summed E-state index contributed by atoms with van der Waals surface area (Å²) in [5, 5.41) is 21.0. The fourth-order valence-electron chi connectivity index (χ4n) is 3.98. The Morgan fingerprint density at radius 1 is 0.935 bits per heavy atom. The van der Waals surface area contributed by atoms with Crippen molar-refractivity contribution in [3.8, 4) is 28.6 Å². The van der Waals surface area contributed by atoms with E-state index in [0.29, 0.717) is 16.9 Å². The summed E-state index contributed by atoms with van der Waals surface area (Å²) in [5.74, 6) is -2.36. The molecule has 0 bridgehead atoms. The Morgan fingerprint density at radius 2 is 1.65 bits per heavy atom. The van der Waals surface area contributed by atoms with Crippen LogP contribution in [0.3, 0.4) is 0 Å². The van der Waals surface area contributed by atoms with Gasteiger partial charge in [-0.2, -0.15) is 0 Å². The predicted molar refractivity (Wildman–Crippen MR) is 117 cm³/mol. The molecule has 1 aliphatic heterocycles. The fourth-order valence-corrected chi connectivity index (χ4v) is 4.54. The van der Waals surface area contributed by atoms with Crippen molar-refractivity contribution >= 4 is 32.9 Å². The van der Waals surface area contributed by atoms with Crippen molar-refractivity contribution < 1.29 is 24.2 Å². The van der Waals surface area contributed by atoms with Crippen LogP contribution in [0.4, 0.5) is 0 Å². The van der Waals surface area contributed by atoms with Gasteiger partial charge >= 0.3 is 5.97 Å². The Labute approximate surface area is 184 Å². The van der Waals surface area contributed by atoms with E-state index < -0.39 is 28.8 Å². The van der Waals surface area contributed by atoms with Crippen LogP contribution in [-0.4, -0.2) is 16.2 Å². The van der Waals surface area contributed by atoms with Gasteiger partial charge in [-0.25, -0.2) is 0 Å². The van der Waals surface area contributed by atoms with Gasteiger partial charge in [-0.05, 0) is 11.6 Å². The van der Waals surface area contributed by atoms with E-state index in [1.807, 2.05) is 42.5 Å². The molecule has 0 saturated heterocycles. The van der Waals surface area contributed by atoms with Crippen molar-refractivity contribution in [2.45, 2.75) is 12.3 Å². The number of rotatable bonds is 2. The maximum Gasteiger partial charge on any atom is 0.312 e. The lowest BCUT2D eigenvalue weighted by molar-refractivity contribution is -0.135. The van der Waals surface area contributed by atoms with E-state index >= 15 is 0 Å². The highest BCUT2D eigenvalue weighted by atomic mass is 79.9. The fraction of sp³-hybridized carbons (Fsp3) is 0.0833. The first-order valence-corrected chi connectivity index (χ1v) is 10.3. The van der Waals surface area contributed by atoms with Crippen molar-refractivity contribution in [3.63, 3.8) is 0 Å². The normalized spacial score (nSPS) is 15.5. The number of benzene rings is 3. The molecule has 7 heteroatoms. The molecule has 0 fully saturated rings. The van der Waals surface area contributed by atoms with Crippen LogP contribution in [0.25, 0.3) is 22.3 Å². The molecular formula is C24H15BrO6. The number of ether oxygens (including phenoxy) is 1. The number of esters is 1. The third-order valence-corrected chi connectivity index (χ3v) is 6.11. The van der Waals surface area contributed by atoms with Crippen LogP contribution < -0.4 is 10.2 Å². The summed E-state index contributed by atoms with van der Waals surface area (Å²) in [6.07, 6.45) is -0.0196. The Kier molecular flexibility index (Phi) is 4.55. The molecule has 0 saturated carbocycles. The summed E-state index contributed by atoms with van der Waals surface area (Å²) in [6.45, 7) is 0. The number of carbonyl (C=O) groups excluding carboxylic acids is 1. The molecule has 0 amide bonds. The lowest BCUT2D eigenvalue weighted by Crippen LogP contribution is -2.22. The lowest BCUT2D eigenvalue weighted by atomic mass is 9.84. The van der Waals surface area contributed by atoms with Crippen LogP contribution in [0.1, 0.15) is 23.5 Å². The van der Waals surface area contributed by atoms with Crippen LogP contribution in [0, 0.1) is 0 Å². The molecule has 2 N–H and O–H groups in total. The summed E-state index contributed by atoms with van der Waals surface area (Å²) >= 11 is 3.51. The SMILES string of the molecule is O=C1CC(c2ccccc2Br)c2c(c(O)c(O)c3c(=O)cc(-c4ccccc4)oc23)O1. The molecule has 154 valence electrons. The molecule has 0 radical (unpaired) electrons. The van der Waals surface area contributed by atoms with E-state index in [0.717, 1.165) is 10.0 Å². The third kappa shape index (κ3) is 3.09. The van der Waals surface area contributed by atoms with Gasteiger partial charge in [0, 0.05) is 22.0 Å². The highest BCUT2D eigenvalue weighted by molar-refractivity contribution is 9.10. The summed E-state index contributed by atoms with van der Waals surface area (Å²) in [4.78, 5) is 25.3. The number of hydrogen-bond donors (Lipinski definition) is 2. The maximum atomic E-state index is 13.0. The molecule has 5 rings (SSSR count). The molecule has 1 aromatic heterocycles. The number of phenols is 2. The highest BCUT2D eigenvalue weighted by Crippen LogP contribution is 2.52. The summed E-state index contributed by atoms with van der Waals surface area (Å²) in [7, 11) is 0. The molecule has 2 heterocycles. The Balaban J connectivity index is 1.90. The first-order valence-electron chi connectivity index (χ1n) is 9.52. The monoisotopic (exact) mass is 478 g/mol. The summed E-state index contributed by atoms with van der Waals surface area (Å²) < 4.78 is 12.2. The van der Waals surface area contributed by atoms with Gasteiger partial charge in [0.05, 0.1) is 12.0 Å². The summed E-state index contributed by atoms with van der Waals surface area (Å²) in [5.41, 5.74) is 1.34. The molecular weight excluding hydrogens is 464 g/mol. The molecule has 0 spiro atoms. The van der Waals surface area contributed by atoms with E-state index in [1.165, 1.54) is 6.07 Å². The van der Waals surface area contributed by atoms with E-state index in [4.69, 9.17) is 9.15 Å². The zero-order chi connectivity index (χ0) is 21.7. The number of carbonyl (C=O) groups is 1. The molecule has 0 aliphatic carbocycles. The Bertz CT molecular complexity index is 1410. The van der Waals surface area contributed by atoms with Gasteiger partial charge in [0.25, 0.3) is 0 Å². The first-order chi connectivity index (χ1) is 15.0. The zero-order valence-electron chi connectivity index (χ0n) is 16.0. The van der Waals surface area contributed by atoms with Gasteiger partial charge in [0.1, 0.15) is 16.7 Å². The van der Waals surface area contributed by atoms with Crippen LogP contribution >= 0.6 is 15.9 Å². The number of halogens is 1. The molecule has 1 aliphatic rings. The topological polar surface area (TPSA) is 97.0 Å². The smallest absolute Gasteiger partial charge is 0.312 e. The second kappa shape index (κ2) is 7.28. The minimum Gasteiger partial charge on any atom is -0.504 e. The number of hydrogen-bond acceptors (Lipinski definition) is 6. The molecule has 1 atom stereocenters. The molecule has 6 nitrogen and oxygen atoms in total. The first kappa shape index (κ1) is 19.4. The van der Waals surface area contributed by atoms with Gasteiger partial charge in [0.15, 0.2) is 16.9 Å². The van der Waals surface area contributed by atoms with Crippen molar-refractivity contribution in [3.05, 3.63) is 86.5 Å². The van der Waals surface area contributed by atoms with Gasteiger partial charge in [-0.1, -0.05) is 64.5 Å². The van der Waals surface area contributed by atoms with Crippen molar-refractivity contribution in [1.29, 1.82) is 0 Å². The van der Waals surface area contributed by atoms with Crippen LogP contribution in [0.5, 0.6) is 17.2 Å². The van der Waals surface area contributed by atoms with Crippen molar-refractivity contribution in [2.24, 2.45) is 0 Å². The van der Waals surface area contributed by atoms with Gasteiger partial charge in [0.2, 0.25) is 5.75 Å². The maximum absolute atomic E-state index is 13.0. The average Bonchev–Trinajstić information content (AvgIpc) is 2.77. The van der Waals surface area contributed by atoms with Gasteiger partial charge < -0.3 is 19.4 Å². The largest absolute Gasteiger partial charge is 0.504 e. The Morgan fingerprint density at radius 3 is 2.39 bits per heavy atom. The second-order valence-corrected chi connectivity index (χ2v) is 8.09. The standard InChI is InChI=1S/C24H15BrO6/c25-15-9-5-4-8-13(15)14-10-18(27)31-24-19(14)23-20(21(28)22(24)29)16(26)11-17(30-23)12-6-2-1-3-7-12/h1-9,11,14,28-29H,10H2. The van der Waals surface area contributed by atoms with Crippen LogP contribution in [-0.2, 0) is 4.79 Å². The van der Waals surface area contributed by atoms with Crippen molar-refractivity contribution in [1.82, 2.24) is 0 Å². The van der Waals surface area contributed by atoms with Crippen LogP contribution in [0.15, 0.2) is 74.3 Å². The molecule has 4 aromatic rings. The number of fused-ring (bicyclic) bond motifs is 3. The Hall–Kier alpha value is -3.58. The molecule has 1 unspecified atom stereocenters. The minimum absolute atomic E-state index is 0.0196. The van der Waals surface area contributed by atoms with Crippen LogP contribution in [0.2, 0.25) is 0 Å². The van der Waals surface area contributed by atoms with Gasteiger partial charge in [-0.3, -0.25) is 9.59 Å². The number of aromatic hydroxyl groups is 2. The molecule has 3 aromatic carbocycles. The minimum atomic E-state index is -0.678. The van der Waals surface area contributed by atoms with Crippen molar-refractivity contribution in [2.75, 3.05) is 0 Å². The molecule has 31 heavy (non-hydrogen) atoms. The predicted octanol–water partition coefficient (Wildman–Crippen LogP) is 5.07. The van der Waals surface area contributed by atoms with E-state index in [9.17, 15) is 19.8 Å². The van der Waals surface area contributed by atoms with E-state index in [2.05, 4.69) is 15.9 Å².